The minimum Gasteiger partial charge on any atom is -0.460 e. The SMILES string of the molecule is CC(OC(=O)C(N)(CCCCC(=O)OC(C)(C)C)C(=O)OC(C)(C)C)C(O)C1CNc2nc(N)[nH]c(=O)c2N1C(=O)OC(C)(C)C. The number of carbonyl (C=O) groups is 4. The minimum atomic E-state index is -2.30. The molecule has 0 fully saturated rings. The van der Waals surface area contributed by atoms with Gasteiger partial charge in [-0.1, -0.05) is 0 Å². The number of nitrogens with two attached hydrogens (primary N) is 2. The van der Waals surface area contributed by atoms with Crippen LogP contribution in [-0.2, 0) is 33.3 Å². The van der Waals surface area contributed by atoms with Gasteiger partial charge in [-0.2, -0.15) is 4.98 Å². The minimum absolute atomic E-state index is 0.0162. The van der Waals surface area contributed by atoms with E-state index in [9.17, 15) is 29.1 Å². The van der Waals surface area contributed by atoms with Crippen molar-refractivity contribution >= 4 is 41.5 Å². The number of hydrogen-bond donors (Lipinski definition) is 5. The lowest BCUT2D eigenvalue weighted by atomic mass is 9.92. The average molecular weight is 655 g/mol. The first-order valence-corrected chi connectivity index (χ1v) is 15.1. The number of fused-ring (bicyclic) bond motifs is 1. The molecule has 1 aliphatic rings. The van der Waals surface area contributed by atoms with E-state index in [4.69, 9.17) is 30.4 Å². The number of nitrogen functional groups attached to an aromatic ring is 1. The summed E-state index contributed by atoms with van der Waals surface area (Å²) in [7, 11) is 0. The summed E-state index contributed by atoms with van der Waals surface area (Å²) in [6.07, 6.45) is -3.74. The zero-order chi connectivity index (χ0) is 35.4. The van der Waals surface area contributed by atoms with Gasteiger partial charge in [-0.05, 0) is 88.5 Å². The Morgan fingerprint density at radius 2 is 1.52 bits per heavy atom. The van der Waals surface area contributed by atoms with E-state index in [0.717, 1.165) is 4.90 Å². The van der Waals surface area contributed by atoms with Crippen molar-refractivity contribution in [3.05, 3.63) is 10.4 Å². The molecule has 1 aromatic rings. The normalized spacial score (nSPS) is 17.8. The van der Waals surface area contributed by atoms with Gasteiger partial charge in [-0.15, -0.1) is 0 Å². The molecule has 0 spiro atoms. The molecule has 0 bridgehead atoms. The summed E-state index contributed by atoms with van der Waals surface area (Å²) in [6.45, 7) is 16.1. The second kappa shape index (κ2) is 14.2. The second-order valence-electron chi connectivity index (χ2n) is 14.3. The Balaban J connectivity index is 2.32. The summed E-state index contributed by atoms with van der Waals surface area (Å²) in [5.74, 6) is -2.90. The van der Waals surface area contributed by atoms with Crippen molar-refractivity contribution in [1.29, 1.82) is 0 Å². The van der Waals surface area contributed by atoms with Crippen LogP contribution in [-0.4, -0.2) is 86.2 Å². The molecule has 2 heterocycles. The molecule has 0 aromatic carbocycles. The van der Waals surface area contributed by atoms with Crippen molar-refractivity contribution in [2.45, 2.75) is 136 Å². The third-order valence-electron chi connectivity index (χ3n) is 6.47. The van der Waals surface area contributed by atoms with Gasteiger partial charge >= 0.3 is 24.0 Å². The van der Waals surface area contributed by atoms with Gasteiger partial charge in [0.25, 0.3) is 5.56 Å². The fraction of sp³-hybridized carbons (Fsp3) is 0.733. The van der Waals surface area contributed by atoms with Crippen molar-refractivity contribution in [3.63, 3.8) is 0 Å². The number of aromatic amines is 1. The van der Waals surface area contributed by atoms with E-state index in [0.29, 0.717) is 0 Å². The van der Waals surface area contributed by atoms with Crippen molar-refractivity contribution in [1.82, 2.24) is 9.97 Å². The van der Waals surface area contributed by atoms with Gasteiger partial charge in [0.1, 0.15) is 29.0 Å². The van der Waals surface area contributed by atoms with E-state index in [1.807, 2.05) is 0 Å². The zero-order valence-corrected chi connectivity index (χ0v) is 28.4. The topological polar surface area (TPSA) is 238 Å². The van der Waals surface area contributed by atoms with Crippen LogP contribution in [0.1, 0.15) is 94.9 Å². The van der Waals surface area contributed by atoms with E-state index in [1.54, 1.807) is 62.3 Å². The number of nitrogens with zero attached hydrogens (tertiary/aromatic N) is 2. The first-order valence-electron chi connectivity index (χ1n) is 15.1. The first kappa shape index (κ1) is 38.3. The van der Waals surface area contributed by atoms with Crippen LogP contribution in [0.5, 0.6) is 0 Å². The third kappa shape index (κ3) is 10.6. The number of amides is 1. The van der Waals surface area contributed by atoms with Crippen molar-refractivity contribution in [2.24, 2.45) is 5.73 Å². The smallest absolute Gasteiger partial charge is 0.415 e. The highest BCUT2D eigenvalue weighted by Gasteiger charge is 2.49. The Hall–Kier alpha value is -3.92. The number of esters is 3. The maximum Gasteiger partial charge on any atom is 0.415 e. The van der Waals surface area contributed by atoms with Crippen LogP contribution >= 0.6 is 0 Å². The Bertz CT molecular complexity index is 1340. The lowest BCUT2D eigenvalue weighted by molar-refractivity contribution is -0.177. The highest BCUT2D eigenvalue weighted by molar-refractivity contribution is 6.05. The average Bonchev–Trinajstić information content (AvgIpc) is 2.86. The van der Waals surface area contributed by atoms with Gasteiger partial charge in [-0.3, -0.25) is 19.5 Å². The number of rotatable bonds is 10. The molecule has 46 heavy (non-hydrogen) atoms. The van der Waals surface area contributed by atoms with Gasteiger partial charge in [0, 0.05) is 13.0 Å². The quantitative estimate of drug-likeness (QED) is 0.105. The van der Waals surface area contributed by atoms with Crippen LogP contribution in [0.3, 0.4) is 0 Å². The van der Waals surface area contributed by atoms with Crippen LogP contribution in [0.2, 0.25) is 0 Å². The van der Waals surface area contributed by atoms with Gasteiger partial charge in [0.15, 0.2) is 11.5 Å². The number of nitrogens with one attached hydrogen (secondary N) is 2. The fourth-order valence-electron chi connectivity index (χ4n) is 4.48. The molecule has 1 aromatic heterocycles. The Labute approximate surface area is 268 Å². The highest BCUT2D eigenvalue weighted by Crippen LogP contribution is 2.31. The maximum atomic E-state index is 13.5. The number of H-pyrrole nitrogens is 1. The molecule has 4 unspecified atom stereocenters. The van der Waals surface area contributed by atoms with Crippen LogP contribution < -0.4 is 27.2 Å². The van der Waals surface area contributed by atoms with Crippen LogP contribution in [0.25, 0.3) is 0 Å². The maximum absolute atomic E-state index is 13.5. The lowest BCUT2D eigenvalue weighted by Gasteiger charge is -2.40. The lowest BCUT2D eigenvalue weighted by Crippen LogP contribution is -2.61. The van der Waals surface area contributed by atoms with E-state index >= 15 is 0 Å². The number of aromatic nitrogens is 2. The molecule has 260 valence electrons. The molecule has 0 saturated carbocycles. The molecule has 4 atom stereocenters. The monoisotopic (exact) mass is 654 g/mol. The molecule has 16 nitrogen and oxygen atoms in total. The Morgan fingerprint density at radius 1 is 0.957 bits per heavy atom. The summed E-state index contributed by atoms with van der Waals surface area (Å²) >= 11 is 0. The van der Waals surface area contributed by atoms with Gasteiger partial charge in [0.2, 0.25) is 11.5 Å². The van der Waals surface area contributed by atoms with Crippen molar-refractivity contribution < 1.29 is 43.2 Å². The Kier molecular flexibility index (Phi) is 11.8. The summed E-state index contributed by atoms with van der Waals surface area (Å²) in [6, 6.07) is -1.21. The molecule has 7 N–H and O–H groups in total. The summed E-state index contributed by atoms with van der Waals surface area (Å²) in [5, 5.41) is 14.3. The molecule has 1 amide bonds. The van der Waals surface area contributed by atoms with Crippen molar-refractivity contribution in [3.8, 4) is 0 Å². The number of aliphatic hydroxyl groups excluding tert-OH is 1. The molecule has 2 rings (SSSR count). The van der Waals surface area contributed by atoms with Gasteiger partial charge in [0.05, 0.1) is 6.04 Å². The number of unbranched alkanes of at least 4 members (excludes halogenated alkanes) is 1. The molecular weight excluding hydrogens is 604 g/mol. The van der Waals surface area contributed by atoms with E-state index in [-0.39, 0.29) is 49.7 Å². The molecule has 0 radical (unpaired) electrons. The highest BCUT2D eigenvalue weighted by atomic mass is 16.6. The number of ether oxygens (including phenoxy) is 4. The van der Waals surface area contributed by atoms with E-state index in [2.05, 4.69) is 15.3 Å². The number of anilines is 3. The van der Waals surface area contributed by atoms with Crippen LogP contribution in [0.4, 0.5) is 22.2 Å². The number of aliphatic hydroxyl groups is 1. The van der Waals surface area contributed by atoms with E-state index in [1.165, 1.54) is 6.92 Å². The zero-order valence-electron chi connectivity index (χ0n) is 28.4. The van der Waals surface area contributed by atoms with Gasteiger partial charge in [-0.25, -0.2) is 14.4 Å². The first-order chi connectivity index (χ1) is 20.8. The summed E-state index contributed by atoms with van der Waals surface area (Å²) < 4.78 is 21.8. The van der Waals surface area contributed by atoms with Crippen molar-refractivity contribution in [2.75, 3.05) is 22.5 Å². The molecule has 0 aliphatic carbocycles. The predicted molar refractivity (Wildman–Crippen MR) is 169 cm³/mol. The van der Waals surface area contributed by atoms with E-state index < -0.39 is 70.2 Å². The standard InChI is InChI=1S/C30H50N6O10/c1-16(20(38)17-15-33-21-19(22(39)35-25(31)34-21)36(17)26(42)46-29(8,9)10)43-23(40)30(32,24(41)45-28(5,6)7)14-12-11-13-18(37)44-27(2,3)4/h16-17,20,38H,11-15,32H2,1-10H3,(H4,31,33,34,35,39). The van der Waals surface area contributed by atoms with Crippen LogP contribution in [0.15, 0.2) is 4.79 Å². The van der Waals surface area contributed by atoms with Crippen LogP contribution in [0, 0.1) is 0 Å². The largest absolute Gasteiger partial charge is 0.460 e. The molecule has 16 heteroatoms. The number of carbonyl (C=O) groups excluding carboxylic acids is 4. The molecule has 0 saturated heterocycles. The fourth-order valence-corrected chi connectivity index (χ4v) is 4.48. The Morgan fingerprint density at radius 3 is 2.07 bits per heavy atom. The molecule has 1 aliphatic heterocycles. The predicted octanol–water partition coefficient (Wildman–Crippen LogP) is 2.12. The third-order valence-corrected chi connectivity index (χ3v) is 6.47. The molecular formula is C30H50N6O10. The summed E-state index contributed by atoms with van der Waals surface area (Å²) in [4.78, 5) is 72.5. The summed E-state index contributed by atoms with van der Waals surface area (Å²) in [5.41, 5.74) is 6.07. The number of hydrogen-bond acceptors (Lipinski definition) is 14. The van der Waals surface area contributed by atoms with Gasteiger partial charge < -0.3 is 40.8 Å². The second-order valence-corrected chi connectivity index (χ2v) is 14.3.